The molecular formula is C11H15NO. The van der Waals surface area contributed by atoms with Crippen molar-refractivity contribution in [3.05, 3.63) is 35.9 Å². The van der Waals surface area contributed by atoms with Crippen molar-refractivity contribution < 1.29 is 4.74 Å². The third-order valence-corrected chi connectivity index (χ3v) is 2.42. The van der Waals surface area contributed by atoms with Gasteiger partial charge in [0, 0.05) is 0 Å². The molecule has 0 aliphatic carbocycles. The van der Waals surface area contributed by atoms with E-state index in [9.17, 15) is 0 Å². The van der Waals surface area contributed by atoms with Gasteiger partial charge >= 0.3 is 0 Å². The number of rotatable bonds is 2. The van der Waals surface area contributed by atoms with Crippen molar-refractivity contribution >= 4 is 0 Å². The molecule has 0 radical (unpaired) electrons. The average molecular weight is 177 g/mol. The van der Waals surface area contributed by atoms with Gasteiger partial charge in [-0.15, -0.1) is 0 Å². The molecule has 1 unspecified atom stereocenters. The summed E-state index contributed by atoms with van der Waals surface area (Å²) in [6.07, 6.45) is 1.27. The first-order chi connectivity index (χ1) is 6.40. The summed E-state index contributed by atoms with van der Waals surface area (Å²) < 4.78 is 5.56. The second kappa shape index (κ2) is 3.90. The lowest BCUT2D eigenvalue weighted by molar-refractivity contribution is 0.0973. The van der Waals surface area contributed by atoms with Crippen molar-refractivity contribution in [2.45, 2.75) is 25.6 Å². The van der Waals surface area contributed by atoms with Crippen molar-refractivity contribution in [2.75, 3.05) is 6.61 Å². The Morgan fingerprint density at radius 1 is 1.38 bits per heavy atom. The van der Waals surface area contributed by atoms with Crippen LogP contribution < -0.4 is 5.32 Å². The van der Waals surface area contributed by atoms with Gasteiger partial charge in [0.1, 0.15) is 6.23 Å². The molecule has 1 fully saturated rings. The molecule has 2 atom stereocenters. The van der Waals surface area contributed by atoms with Crippen molar-refractivity contribution in [3.63, 3.8) is 0 Å². The zero-order valence-corrected chi connectivity index (χ0v) is 7.86. The van der Waals surface area contributed by atoms with Gasteiger partial charge in [-0.1, -0.05) is 37.3 Å². The third kappa shape index (κ3) is 1.90. The van der Waals surface area contributed by atoms with Crippen LogP contribution in [-0.2, 0) is 4.74 Å². The van der Waals surface area contributed by atoms with Crippen molar-refractivity contribution in [1.29, 1.82) is 0 Å². The molecule has 2 heteroatoms. The molecule has 1 saturated heterocycles. The Hall–Kier alpha value is -0.860. The molecule has 0 amide bonds. The minimum atomic E-state index is 0.241. The normalized spacial score (nSPS) is 27.8. The fraction of sp³-hybridized carbons (Fsp3) is 0.455. The zero-order valence-electron chi connectivity index (χ0n) is 7.86. The fourth-order valence-corrected chi connectivity index (χ4v) is 1.65. The van der Waals surface area contributed by atoms with Crippen LogP contribution in [0.2, 0.25) is 0 Å². The van der Waals surface area contributed by atoms with E-state index in [1.165, 1.54) is 5.56 Å². The summed E-state index contributed by atoms with van der Waals surface area (Å²) in [5.74, 6) is 0. The number of ether oxygens (including phenoxy) is 1. The van der Waals surface area contributed by atoms with Gasteiger partial charge < -0.3 is 4.74 Å². The first-order valence-corrected chi connectivity index (χ1v) is 4.82. The maximum atomic E-state index is 5.56. The predicted octanol–water partition coefficient (Wildman–Crippen LogP) is 2.08. The van der Waals surface area contributed by atoms with E-state index in [2.05, 4.69) is 36.5 Å². The van der Waals surface area contributed by atoms with E-state index in [-0.39, 0.29) is 6.23 Å². The number of hydrogen-bond acceptors (Lipinski definition) is 2. The van der Waals surface area contributed by atoms with Gasteiger partial charge in [0.15, 0.2) is 0 Å². The highest BCUT2D eigenvalue weighted by atomic mass is 16.5. The van der Waals surface area contributed by atoms with Crippen molar-refractivity contribution in [2.24, 2.45) is 0 Å². The highest BCUT2D eigenvalue weighted by molar-refractivity contribution is 5.19. The third-order valence-electron chi connectivity index (χ3n) is 2.42. The van der Waals surface area contributed by atoms with Crippen LogP contribution in [0.4, 0.5) is 0 Å². The molecule has 2 rings (SSSR count). The van der Waals surface area contributed by atoms with Gasteiger partial charge in [0.2, 0.25) is 0 Å². The molecule has 13 heavy (non-hydrogen) atoms. The molecule has 70 valence electrons. The highest BCUT2D eigenvalue weighted by Gasteiger charge is 2.23. The van der Waals surface area contributed by atoms with Gasteiger partial charge in [-0.05, 0) is 12.0 Å². The molecule has 1 aromatic carbocycles. The molecule has 0 spiro atoms. The number of benzene rings is 1. The van der Waals surface area contributed by atoms with E-state index in [0.29, 0.717) is 6.04 Å². The Morgan fingerprint density at radius 2 is 2.15 bits per heavy atom. The molecular weight excluding hydrogens is 162 g/mol. The lowest BCUT2D eigenvalue weighted by Crippen LogP contribution is -2.24. The van der Waals surface area contributed by atoms with Crippen LogP contribution in [0, 0.1) is 0 Å². The smallest absolute Gasteiger partial charge is 0.108 e. The summed E-state index contributed by atoms with van der Waals surface area (Å²) in [5.41, 5.74) is 1.32. The Bertz CT molecular complexity index is 260. The molecule has 1 aliphatic rings. The summed E-state index contributed by atoms with van der Waals surface area (Å²) in [6.45, 7) is 2.92. The second-order valence-corrected chi connectivity index (χ2v) is 3.36. The molecule has 2 nitrogen and oxygen atoms in total. The van der Waals surface area contributed by atoms with Gasteiger partial charge in [-0.25, -0.2) is 0 Å². The van der Waals surface area contributed by atoms with Crippen LogP contribution in [-0.4, -0.2) is 12.8 Å². The molecule has 1 heterocycles. The van der Waals surface area contributed by atoms with E-state index in [1.807, 2.05) is 6.07 Å². The van der Waals surface area contributed by atoms with Gasteiger partial charge in [-0.3, -0.25) is 5.32 Å². The lowest BCUT2D eigenvalue weighted by atomic mass is 10.1. The largest absolute Gasteiger partial charge is 0.361 e. The Balaban J connectivity index is 2.04. The first kappa shape index (κ1) is 8.73. The lowest BCUT2D eigenvalue weighted by Gasteiger charge is -2.10. The summed E-state index contributed by atoms with van der Waals surface area (Å²) in [5, 5.41) is 3.43. The first-order valence-electron chi connectivity index (χ1n) is 4.82. The van der Waals surface area contributed by atoms with Crippen LogP contribution in [0.25, 0.3) is 0 Å². The SMILES string of the molecule is CCC1N[C@H](c2ccccc2)CO1. The van der Waals surface area contributed by atoms with E-state index < -0.39 is 0 Å². The van der Waals surface area contributed by atoms with Crippen LogP contribution >= 0.6 is 0 Å². The quantitative estimate of drug-likeness (QED) is 0.746. The minimum Gasteiger partial charge on any atom is -0.361 e. The molecule has 0 bridgehead atoms. The van der Waals surface area contributed by atoms with E-state index in [4.69, 9.17) is 4.74 Å². The minimum absolute atomic E-state index is 0.241. The summed E-state index contributed by atoms with van der Waals surface area (Å²) in [7, 11) is 0. The van der Waals surface area contributed by atoms with E-state index >= 15 is 0 Å². The summed E-state index contributed by atoms with van der Waals surface area (Å²) in [4.78, 5) is 0. The second-order valence-electron chi connectivity index (χ2n) is 3.36. The number of hydrogen-bond donors (Lipinski definition) is 1. The average Bonchev–Trinajstić information content (AvgIpc) is 2.67. The standard InChI is InChI=1S/C11H15NO/c1-2-11-12-10(8-13-11)9-6-4-3-5-7-9/h3-7,10-12H,2,8H2,1H3/t10-,11?/m0/s1. The van der Waals surface area contributed by atoms with Gasteiger partial charge in [0.05, 0.1) is 12.6 Å². The zero-order chi connectivity index (χ0) is 9.10. The summed E-state index contributed by atoms with van der Waals surface area (Å²) >= 11 is 0. The molecule has 1 aliphatic heterocycles. The van der Waals surface area contributed by atoms with Crippen molar-refractivity contribution in [1.82, 2.24) is 5.32 Å². The van der Waals surface area contributed by atoms with Crippen LogP contribution in [0.15, 0.2) is 30.3 Å². The van der Waals surface area contributed by atoms with E-state index in [1.54, 1.807) is 0 Å². The Kier molecular flexibility index (Phi) is 2.62. The molecule has 1 N–H and O–H groups in total. The molecule has 0 aromatic heterocycles. The van der Waals surface area contributed by atoms with Gasteiger partial charge in [-0.2, -0.15) is 0 Å². The Morgan fingerprint density at radius 3 is 2.77 bits per heavy atom. The van der Waals surface area contributed by atoms with Gasteiger partial charge in [0.25, 0.3) is 0 Å². The molecule has 0 saturated carbocycles. The Labute approximate surface area is 78.9 Å². The van der Waals surface area contributed by atoms with Crippen LogP contribution in [0.1, 0.15) is 24.9 Å². The highest BCUT2D eigenvalue weighted by Crippen LogP contribution is 2.20. The van der Waals surface area contributed by atoms with Crippen molar-refractivity contribution in [3.8, 4) is 0 Å². The predicted molar refractivity (Wildman–Crippen MR) is 52.3 cm³/mol. The molecule has 1 aromatic rings. The maximum Gasteiger partial charge on any atom is 0.108 e. The summed E-state index contributed by atoms with van der Waals surface area (Å²) in [6, 6.07) is 10.8. The monoisotopic (exact) mass is 177 g/mol. The van der Waals surface area contributed by atoms with Crippen LogP contribution in [0.5, 0.6) is 0 Å². The topological polar surface area (TPSA) is 21.3 Å². The fourth-order valence-electron chi connectivity index (χ4n) is 1.65. The van der Waals surface area contributed by atoms with Crippen LogP contribution in [0.3, 0.4) is 0 Å². The number of nitrogens with one attached hydrogen (secondary N) is 1. The van der Waals surface area contributed by atoms with E-state index in [0.717, 1.165) is 13.0 Å². The maximum absolute atomic E-state index is 5.56.